The summed E-state index contributed by atoms with van der Waals surface area (Å²) >= 11 is 0. The maximum atomic E-state index is 9.66. The van der Waals surface area contributed by atoms with Gasteiger partial charge in [0.2, 0.25) is 0 Å². The second kappa shape index (κ2) is 5.75. The lowest BCUT2D eigenvalue weighted by molar-refractivity contribution is 0.127. The van der Waals surface area contributed by atoms with E-state index in [-0.39, 0.29) is 5.89 Å². The highest BCUT2D eigenvalue weighted by molar-refractivity contribution is 5.23. The average Bonchev–Trinajstić information content (AvgIpc) is 2.81. The average molecular weight is 247 g/mol. The Labute approximate surface area is 106 Å². The number of hydrogen-bond donors (Lipinski definition) is 2. The SMILES string of the molecule is Cc1ccc(Cc2noc([C@@H](O)CCN)n2)cc1. The summed E-state index contributed by atoms with van der Waals surface area (Å²) in [6.45, 7) is 2.43. The van der Waals surface area contributed by atoms with Crippen molar-refractivity contribution in [3.8, 4) is 0 Å². The monoisotopic (exact) mass is 247 g/mol. The molecule has 5 nitrogen and oxygen atoms in total. The van der Waals surface area contributed by atoms with Crippen LogP contribution in [0.2, 0.25) is 0 Å². The molecule has 0 aliphatic heterocycles. The van der Waals surface area contributed by atoms with Crippen LogP contribution in [0.5, 0.6) is 0 Å². The van der Waals surface area contributed by atoms with Crippen LogP contribution < -0.4 is 5.73 Å². The molecule has 2 rings (SSSR count). The first-order chi connectivity index (χ1) is 8.69. The molecule has 0 unspecified atom stereocenters. The Morgan fingerprint density at radius 2 is 2.06 bits per heavy atom. The van der Waals surface area contributed by atoms with Crippen molar-refractivity contribution in [3.63, 3.8) is 0 Å². The van der Waals surface area contributed by atoms with Gasteiger partial charge < -0.3 is 15.4 Å². The summed E-state index contributed by atoms with van der Waals surface area (Å²) < 4.78 is 5.01. The number of benzene rings is 1. The third-order valence-corrected chi connectivity index (χ3v) is 2.69. The van der Waals surface area contributed by atoms with Gasteiger partial charge in [0, 0.05) is 6.42 Å². The zero-order valence-electron chi connectivity index (χ0n) is 10.3. The van der Waals surface area contributed by atoms with E-state index in [1.54, 1.807) is 0 Å². The molecule has 0 radical (unpaired) electrons. The molecule has 3 N–H and O–H groups in total. The molecule has 0 bridgehead atoms. The number of nitrogens with two attached hydrogens (primary N) is 1. The summed E-state index contributed by atoms with van der Waals surface area (Å²) in [4.78, 5) is 4.16. The van der Waals surface area contributed by atoms with Crippen LogP contribution in [0.15, 0.2) is 28.8 Å². The van der Waals surface area contributed by atoms with Gasteiger partial charge in [-0.25, -0.2) is 0 Å². The van der Waals surface area contributed by atoms with E-state index in [2.05, 4.69) is 10.1 Å². The van der Waals surface area contributed by atoms with Gasteiger partial charge in [0.1, 0.15) is 6.10 Å². The Hall–Kier alpha value is -1.72. The molecular weight excluding hydrogens is 230 g/mol. The van der Waals surface area contributed by atoms with Gasteiger partial charge in [-0.05, 0) is 25.5 Å². The Bertz CT molecular complexity index is 493. The van der Waals surface area contributed by atoms with Crippen molar-refractivity contribution in [1.82, 2.24) is 10.1 Å². The van der Waals surface area contributed by atoms with Crippen LogP contribution in [-0.2, 0) is 6.42 Å². The molecule has 1 atom stereocenters. The van der Waals surface area contributed by atoms with Crippen LogP contribution in [0.4, 0.5) is 0 Å². The normalized spacial score (nSPS) is 12.6. The van der Waals surface area contributed by atoms with E-state index in [1.807, 2.05) is 31.2 Å². The smallest absolute Gasteiger partial charge is 0.255 e. The number of nitrogens with zero attached hydrogens (tertiary/aromatic N) is 2. The molecule has 0 saturated heterocycles. The van der Waals surface area contributed by atoms with Crippen LogP contribution in [0.1, 0.15) is 35.4 Å². The summed E-state index contributed by atoms with van der Waals surface area (Å²) in [5.41, 5.74) is 7.69. The summed E-state index contributed by atoms with van der Waals surface area (Å²) in [6, 6.07) is 8.14. The first kappa shape index (κ1) is 12.7. The van der Waals surface area contributed by atoms with E-state index >= 15 is 0 Å². The maximum absolute atomic E-state index is 9.66. The fourth-order valence-electron chi connectivity index (χ4n) is 1.64. The highest BCUT2D eigenvalue weighted by Crippen LogP contribution is 2.15. The highest BCUT2D eigenvalue weighted by atomic mass is 16.5. The summed E-state index contributed by atoms with van der Waals surface area (Å²) in [5.74, 6) is 0.812. The molecule has 0 spiro atoms. The van der Waals surface area contributed by atoms with E-state index in [1.165, 1.54) is 5.56 Å². The van der Waals surface area contributed by atoms with Crippen LogP contribution in [0.25, 0.3) is 0 Å². The van der Waals surface area contributed by atoms with Crippen molar-refractivity contribution in [2.75, 3.05) is 6.54 Å². The minimum atomic E-state index is -0.769. The molecular formula is C13H17N3O2. The molecule has 5 heteroatoms. The minimum Gasteiger partial charge on any atom is -0.383 e. The van der Waals surface area contributed by atoms with E-state index in [9.17, 15) is 5.11 Å². The molecule has 2 aromatic rings. The number of aliphatic hydroxyl groups excluding tert-OH is 1. The molecule has 18 heavy (non-hydrogen) atoms. The molecule has 0 fully saturated rings. The lowest BCUT2D eigenvalue weighted by Gasteiger charge is -2.01. The fraction of sp³-hybridized carbons (Fsp3) is 0.385. The molecule has 96 valence electrons. The summed E-state index contributed by atoms with van der Waals surface area (Å²) in [5, 5.41) is 13.5. The second-order valence-corrected chi connectivity index (χ2v) is 4.30. The molecule has 1 heterocycles. The third-order valence-electron chi connectivity index (χ3n) is 2.69. The molecule has 0 saturated carbocycles. The predicted molar refractivity (Wildman–Crippen MR) is 66.9 cm³/mol. The van der Waals surface area contributed by atoms with Crippen LogP contribution in [0.3, 0.4) is 0 Å². The van der Waals surface area contributed by atoms with Gasteiger partial charge in [-0.1, -0.05) is 35.0 Å². The number of aryl methyl sites for hydroxylation is 1. The van der Waals surface area contributed by atoms with Gasteiger partial charge in [-0.15, -0.1) is 0 Å². The Kier molecular flexibility index (Phi) is 4.07. The van der Waals surface area contributed by atoms with E-state index < -0.39 is 6.10 Å². The lowest BCUT2D eigenvalue weighted by Crippen LogP contribution is -2.07. The van der Waals surface area contributed by atoms with Crippen molar-refractivity contribution < 1.29 is 9.63 Å². The third kappa shape index (κ3) is 3.15. The van der Waals surface area contributed by atoms with Gasteiger partial charge in [0.25, 0.3) is 5.89 Å². The van der Waals surface area contributed by atoms with Crippen molar-refractivity contribution in [2.24, 2.45) is 5.73 Å². The van der Waals surface area contributed by atoms with Crippen molar-refractivity contribution in [1.29, 1.82) is 0 Å². The molecule has 0 aliphatic rings. The van der Waals surface area contributed by atoms with E-state index in [4.69, 9.17) is 10.3 Å². The molecule has 1 aromatic heterocycles. The Balaban J connectivity index is 2.04. The number of aromatic nitrogens is 2. The van der Waals surface area contributed by atoms with Crippen molar-refractivity contribution in [3.05, 3.63) is 47.1 Å². The standard InChI is InChI=1S/C13H17N3O2/c1-9-2-4-10(5-3-9)8-12-15-13(18-16-12)11(17)6-7-14/h2-5,11,17H,6-8,14H2,1H3/t11-/m0/s1. The summed E-state index contributed by atoms with van der Waals surface area (Å²) in [6.07, 6.45) is 0.250. The van der Waals surface area contributed by atoms with Gasteiger partial charge in [0.15, 0.2) is 5.82 Å². The van der Waals surface area contributed by atoms with Crippen LogP contribution in [0, 0.1) is 6.92 Å². The zero-order chi connectivity index (χ0) is 13.0. The van der Waals surface area contributed by atoms with Crippen molar-refractivity contribution >= 4 is 0 Å². The maximum Gasteiger partial charge on any atom is 0.255 e. The Morgan fingerprint density at radius 3 is 2.72 bits per heavy atom. The molecule has 1 aromatic carbocycles. The fourth-order valence-corrected chi connectivity index (χ4v) is 1.64. The highest BCUT2D eigenvalue weighted by Gasteiger charge is 2.15. The molecule has 0 aliphatic carbocycles. The van der Waals surface area contributed by atoms with E-state index in [0.29, 0.717) is 25.2 Å². The van der Waals surface area contributed by atoms with Crippen LogP contribution in [-0.4, -0.2) is 21.8 Å². The van der Waals surface area contributed by atoms with Gasteiger partial charge >= 0.3 is 0 Å². The zero-order valence-corrected chi connectivity index (χ0v) is 10.3. The number of aliphatic hydroxyl groups is 1. The minimum absolute atomic E-state index is 0.238. The number of hydrogen-bond acceptors (Lipinski definition) is 5. The largest absolute Gasteiger partial charge is 0.383 e. The second-order valence-electron chi connectivity index (χ2n) is 4.30. The quantitative estimate of drug-likeness (QED) is 0.833. The van der Waals surface area contributed by atoms with E-state index in [0.717, 1.165) is 5.56 Å². The van der Waals surface area contributed by atoms with Gasteiger partial charge in [0.05, 0.1) is 0 Å². The lowest BCUT2D eigenvalue weighted by atomic mass is 10.1. The molecule has 0 amide bonds. The first-order valence-corrected chi connectivity index (χ1v) is 5.95. The first-order valence-electron chi connectivity index (χ1n) is 5.95. The van der Waals surface area contributed by atoms with Gasteiger partial charge in [-0.3, -0.25) is 0 Å². The topological polar surface area (TPSA) is 85.2 Å². The summed E-state index contributed by atoms with van der Waals surface area (Å²) in [7, 11) is 0. The predicted octanol–water partition coefficient (Wildman–Crippen LogP) is 1.35. The van der Waals surface area contributed by atoms with Crippen LogP contribution >= 0.6 is 0 Å². The number of rotatable bonds is 5. The van der Waals surface area contributed by atoms with Crippen molar-refractivity contribution in [2.45, 2.75) is 25.9 Å². The Morgan fingerprint density at radius 1 is 1.33 bits per heavy atom. The van der Waals surface area contributed by atoms with Gasteiger partial charge in [-0.2, -0.15) is 4.98 Å².